The van der Waals surface area contributed by atoms with Gasteiger partial charge in [-0.3, -0.25) is 14.9 Å². The fourth-order valence-electron chi connectivity index (χ4n) is 4.24. The summed E-state index contributed by atoms with van der Waals surface area (Å²) in [6.45, 7) is 3.05. The lowest BCUT2D eigenvalue weighted by atomic mass is 9.88. The summed E-state index contributed by atoms with van der Waals surface area (Å²) in [6, 6.07) is 13.7. The first-order chi connectivity index (χ1) is 17.1. The number of thioether (sulfide) groups is 1. The zero-order valence-corrected chi connectivity index (χ0v) is 22.3. The summed E-state index contributed by atoms with van der Waals surface area (Å²) in [5.74, 6) is 0.481. The van der Waals surface area contributed by atoms with Crippen LogP contribution in [0.1, 0.15) is 39.0 Å². The van der Waals surface area contributed by atoms with E-state index in [1.54, 1.807) is 18.7 Å². The summed E-state index contributed by atoms with van der Waals surface area (Å²) in [4.78, 5) is 24.6. The van der Waals surface area contributed by atoms with E-state index >= 15 is 0 Å². The molecular formula is C25H34N4O5S2. The normalized spacial score (nSPS) is 15.8. The van der Waals surface area contributed by atoms with Crippen molar-refractivity contribution in [3.8, 4) is 0 Å². The highest BCUT2D eigenvalue weighted by Crippen LogP contribution is 2.38. The maximum absolute atomic E-state index is 12.8. The third-order valence-electron chi connectivity index (χ3n) is 6.57. The van der Waals surface area contributed by atoms with Gasteiger partial charge in [0, 0.05) is 28.7 Å². The molecule has 0 unspecified atom stereocenters. The highest BCUT2D eigenvalue weighted by atomic mass is 32.2. The molecule has 0 aliphatic heterocycles. The Morgan fingerprint density at radius 3 is 2.50 bits per heavy atom. The summed E-state index contributed by atoms with van der Waals surface area (Å²) < 4.78 is 27.8. The van der Waals surface area contributed by atoms with Gasteiger partial charge >= 0.3 is 0 Å². The lowest BCUT2D eigenvalue weighted by Gasteiger charge is -2.22. The molecule has 3 N–H and O–H groups in total. The van der Waals surface area contributed by atoms with E-state index in [2.05, 4.69) is 15.4 Å². The minimum absolute atomic E-state index is 0.220. The van der Waals surface area contributed by atoms with Crippen LogP contribution >= 0.6 is 11.8 Å². The molecule has 0 radical (unpaired) electrons. The number of nitrogens with zero attached hydrogens (tertiary/aromatic N) is 1. The van der Waals surface area contributed by atoms with Gasteiger partial charge in [0.1, 0.15) is 5.69 Å². The van der Waals surface area contributed by atoms with Crippen molar-refractivity contribution in [1.82, 2.24) is 10.0 Å². The van der Waals surface area contributed by atoms with Crippen LogP contribution in [-0.2, 0) is 14.8 Å². The van der Waals surface area contributed by atoms with Crippen molar-refractivity contribution in [1.29, 1.82) is 0 Å². The van der Waals surface area contributed by atoms with Crippen LogP contribution in [0.4, 0.5) is 11.4 Å². The average molecular weight is 535 g/mol. The molecule has 3 rings (SSSR count). The number of benzene rings is 2. The average Bonchev–Trinajstić information content (AvgIpc) is 3.31. The molecule has 1 aliphatic rings. The van der Waals surface area contributed by atoms with Crippen molar-refractivity contribution in [3.63, 3.8) is 0 Å². The van der Waals surface area contributed by atoms with Gasteiger partial charge in [0.25, 0.3) is 15.7 Å². The first-order valence-corrected chi connectivity index (χ1v) is 14.5. The van der Waals surface area contributed by atoms with Crippen molar-refractivity contribution < 1.29 is 18.1 Å². The van der Waals surface area contributed by atoms with Gasteiger partial charge in [0.15, 0.2) is 0 Å². The lowest BCUT2D eigenvalue weighted by molar-refractivity contribution is -0.384. The molecule has 9 nitrogen and oxygen atoms in total. The van der Waals surface area contributed by atoms with Crippen LogP contribution in [-0.4, -0.2) is 45.1 Å². The van der Waals surface area contributed by atoms with Gasteiger partial charge in [0.2, 0.25) is 5.91 Å². The second-order valence-electron chi connectivity index (χ2n) is 9.40. The molecule has 1 saturated carbocycles. The van der Waals surface area contributed by atoms with Crippen LogP contribution in [0.5, 0.6) is 0 Å². The number of nitro groups is 1. The Hall–Kier alpha value is -2.63. The van der Waals surface area contributed by atoms with Gasteiger partial charge in [-0.2, -0.15) is 0 Å². The Morgan fingerprint density at radius 2 is 1.86 bits per heavy atom. The van der Waals surface area contributed by atoms with Crippen LogP contribution in [0.3, 0.4) is 0 Å². The minimum Gasteiger partial charge on any atom is -0.379 e. The smallest absolute Gasteiger partial charge is 0.293 e. The Morgan fingerprint density at radius 1 is 1.17 bits per heavy atom. The van der Waals surface area contributed by atoms with Crippen LogP contribution in [0.15, 0.2) is 58.3 Å². The summed E-state index contributed by atoms with van der Waals surface area (Å²) in [5.41, 5.74) is -0.839. The second-order valence-corrected chi connectivity index (χ2v) is 12.2. The molecule has 0 saturated heterocycles. The number of hydrogen-bond acceptors (Lipinski definition) is 8. The Bertz CT molecular complexity index is 1150. The Balaban J connectivity index is 1.71. The molecule has 2 aromatic carbocycles. The third-order valence-corrected chi connectivity index (χ3v) is 9.14. The molecule has 0 aromatic heterocycles. The maximum Gasteiger partial charge on any atom is 0.293 e. The fourth-order valence-corrected chi connectivity index (χ4v) is 6.43. The van der Waals surface area contributed by atoms with E-state index in [1.807, 2.05) is 37.4 Å². The quantitative estimate of drug-likeness (QED) is 0.196. The fraction of sp³-hybridized carbons (Fsp3) is 0.480. The lowest BCUT2D eigenvalue weighted by Crippen LogP contribution is -2.40. The molecule has 196 valence electrons. The van der Waals surface area contributed by atoms with Gasteiger partial charge in [-0.05, 0) is 63.0 Å². The molecular weight excluding hydrogens is 500 g/mol. The van der Waals surface area contributed by atoms with Crippen LogP contribution in [0, 0.1) is 21.4 Å². The van der Waals surface area contributed by atoms with E-state index in [0.29, 0.717) is 19.4 Å². The standard InChI is InChI=1S/C25H34N4O5S2/c1-25(13-6-7-14-25)24(30)28-36(33,34)21-10-11-22(23(16-21)29(31)32)27-17-19(12-15-26-2)18-35-20-8-4-3-5-9-20/h3-5,8-11,16,19,26-27H,6-7,12-15,17-18H2,1-2H3,(H,28,30)/t19-/m0/s1. The molecule has 36 heavy (non-hydrogen) atoms. The molecule has 1 atom stereocenters. The van der Waals surface area contributed by atoms with E-state index in [9.17, 15) is 23.3 Å². The number of sulfonamides is 1. The largest absolute Gasteiger partial charge is 0.379 e. The summed E-state index contributed by atoms with van der Waals surface area (Å²) in [7, 11) is -2.35. The topological polar surface area (TPSA) is 130 Å². The minimum atomic E-state index is -4.23. The van der Waals surface area contributed by atoms with Crippen molar-refractivity contribution in [2.24, 2.45) is 11.3 Å². The SMILES string of the molecule is CNCC[C@@H](CNc1ccc(S(=O)(=O)NC(=O)C2(C)CCCC2)cc1[N+](=O)[O-])CSc1ccccc1. The number of anilines is 1. The summed E-state index contributed by atoms with van der Waals surface area (Å²) in [6.07, 6.45) is 3.85. The van der Waals surface area contributed by atoms with Crippen LogP contribution in [0.2, 0.25) is 0 Å². The van der Waals surface area contributed by atoms with Gasteiger partial charge in [0.05, 0.1) is 9.82 Å². The van der Waals surface area contributed by atoms with Crippen molar-refractivity contribution in [2.75, 3.05) is 31.2 Å². The molecule has 0 heterocycles. The highest BCUT2D eigenvalue weighted by Gasteiger charge is 2.38. The number of nitro benzene ring substituents is 1. The van der Waals surface area contributed by atoms with Crippen molar-refractivity contribution >= 4 is 39.1 Å². The third kappa shape index (κ3) is 7.44. The zero-order chi connectivity index (χ0) is 26.2. The molecule has 0 bridgehead atoms. The van der Waals surface area contributed by atoms with E-state index in [4.69, 9.17) is 0 Å². The van der Waals surface area contributed by atoms with E-state index in [-0.39, 0.29) is 22.2 Å². The predicted octanol–water partition coefficient (Wildman–Crippen LogP) is 4.41. The molecule has 11 heteroatoms. The Kier molecular flexibility index (Phi) is 9.75. The van der Waals surface area contributed by atoms with Crippen molar-refractivity contribution in [3.05, 3.63) is 58.6 Å². The van der Waals surface area contributed by atoms with E-state index in [0.717, 1.165) is 42.5 Å². The molecule has 0 spiro atoms. The number of carbonyl (C=O) groups excluding carboxylic acids is 1. The predicted molar refractivity (Wildman–Crippen MR) is 143 cm³/mol. The number of rotatable bonds is 13. The summed E-state index contributed by atoms with van der Waals surface area (Å²) in [5, 5.41) is 18.1. The van der Waals surface area contributed by atoms with Crippen LogP contribution in [0.25, 0.3) is 0 Å². The zero-order valence-electron chi connectivity index (χ0n) is 20.7. The first-order valence-electron chi connectivity index (χ1n) is 12.1. The Labute approximate surface area is 217 Å². The van der Waals surface area contributed by atoms with Crippen LogP contribution < -0.4 is 15.4 Å². The number of nitrogens with one attached hydrogen (secondary N) is 3. The molecule has 1 aliphatic carbocycles. The van der Waals surface area contributed by atoms with Gasteiger partial charge in [-0.15, -0.1) is 11.8 Å². The van der Waals surface area contributed by atoms with Crippen molar-refractivity contribution in [2.45, 2.75) is 48.8 Å². The van der Waals surface area contributed by atoms with Gasteiger partial charge in [-0.25, -0.2) is 13.1 Å². The van der Waals surface area contributed by atoms with E-state index < -0.39 is 26.3 Å². The number of hydrogen-bond donors (Lipinski definition) is 3. The molecule has 2 aromatic rings. The number of carbonyl (C=O) groups is 1. The maximum atomic E-state index is 12.8. The van der Waals surface area contributed by atoms with Gasteiger partial charge < -0.3 is 10.6 Å². The second kappa shape index (κ2) is 12.6. The monoisotopic (exact) mass is 534 g/mol. The van der Waals surface area contributed by atoms with E-state index in [1.165, 1.54) is 12.1 Å². The highest BCUT2D eigenvalue weighted by molar-refractivity contribution is 7.99. The summed E-state index contributed by atoms with van der Waals surface area (Å²) >= 11 is 1.72. The number of amides is 1. The molecule has 1 fully saturated rings. The van der Waals surface area contributed by atoms with Gasteiger partial charge in [-0.1, -0.05) is 38.0 Å². The first kappa shape index (κ1) is 27.9. The molecule has 1 amide bonds.